The lowest BCUT2D eigenvalue weighted by molar-refractivity contribution is -0.849. The number of nitrogens with zero attached hydrogens (tertiary/aromatic N) is 1. The summed E-state index contributed by atoms with van der Waals surface area (Å²) in [5, 5.41) is 27.8. The molecule has 0 radical (unpaired) electrons. The third-order valence-electron chi connectivity index (χ3n) is 1.14. The van der Waals surface area contributed by atoms with Crippen LogP contribution in [0.5, 0.6) is 11.5 Å². The zero-order valence-electron chi connectivity index (χ0n) is 9.89. The van der Waals surface area contributed by atoms with Crippen LogP contribution in [-0.4, -0.2) is 48.9 Å². The zero-order valence-corrected chi connectivity index (χ0v) is 9.89. The number of hydrogen-bond donors (Lipinski definition) is 2. The van der Waals surface area contributed by atoms with E-state index in [-0.39, 0.29) is 11.3 Å². The molecule has 0 fully saturated rings. The number of carboxylic acid groups (broad SMARTS) is 1. The molecule has 0 spiro atoms. The van der Waals surface area contributed by atoms with Crippen molar-refractivity contribution in [1.82, 2.24) is 0 Å². The van der Waals surface area contributed by atoms with Gasteiger partial charge in [-0.25, -0.2) is 4.79 Å². The van der Waals surface area contributed by atoms with Gasteiger partial charge in [-0.05, 0) is 12.1 Å². The van der Waals surface area contributed by atoms with E-state index in [2.05, 4.69) is 28.2 Å². The molecule has 0 heterocycles. The number of aromatic hydroxyl groups is 1. The van der Waals surface area contributed by atoms with Crippen LogP contribution in [0.3, 0.4) is 0 Å². The fraction of sp³-hybridized carbons (Fsp3) is 0.364. The van der Waals surface area contributed by atoms with Gasteiger partial charge in [-0.1, -0.05) is 6.07 Å². The Morgan fingerprint density at radius 2 is 1.62 bits per heavy atom. The predicted octanol–water partition coefficient (Wildman–Crippen LogP) is 0.486. The zero-order chi connectivity index (χ0) is 12.9. The fourth-order valence-electron chi connectivity index (χ4n) is 0.707. The first-order chi connectivity index (χ1) is 7.09. The van der Waals surface area contributed by atoms with Crippen LogP contribution in [0, 0.1) is 0 Å². The fourth-order valence-corrected chi connectivity index (χ4v) is 0.707. The van der Waals surface area contributed by atoms with E-state index in [1.54, 1.807) is 0 Å². The summed E-state index contributed by atoms with van der Waals surface area (Å²) in [5.41, 5.74) is -0.199. The monoisotopic (exact) mass is 227 g/mol. The van der Waals surface area contributed by atoms with E-state index in [9.17, 15) is 9.90 Å². The molecule has 0 atom stereocenters. The second-order valence-corrected chi connectivity index (χ2v) is 4.70. The van der Waals surface area contributed by atoms with E-state index in [1.807, 2.05) is 0 Å². The Morgan fingerprint density at radius 1 is 1.19 bits per heavy atom. The number of carboxylic acids is 1. The first-order valence-corrected chi connectivity index (χ1v) is 4.63. The Bertz CT molecular complexity index is 342. The van der Waals surface area contributed by atoms with Crippen molar-refractivity contribution in [2.24, 2.45) is 0 Å². The average molecular weight is 227 g/mol. The summed E-state index contributed by atoms with van der Waals surface area (Å²) in [7, 11) is 8.50. The number of rotatable bonds is 1. The lowest BCUT2D eigenvalue weighted by Gasteiger charge is -2.14. The molecule has 0 aromatic heterocycles. The van der Waals surface area contributed by atoms with Crippen LogP contribution in [0.4, 0.5) is 0 Å². The number of benzene rings is 1. The molecule has 0 amide bonds. The molecule has 16 heavy (non-hydrogen) atoms. The standard InChI is InChI=1S/C7H6O4.C4H12N/c8-5-1-4(7(10)11)2-6(9)3-5;1-5(2,3)4/h1-3,8-9H,(H,10,11);1-4H3/q;+1/p-1. The summed E-state index contributed by atoms with van der Waals surface area (Å²) in [6, 6.07) is 2.91. The minimum Gasteiger partial charge on any atom is -0.872 e. The van der Waals surface area contributed by atoms with Crippen LogP contribution >= 0.6 is 0 Å². The van der Waals surface area contributed by atoms with Gasteiger partial charge >= 0.3 is 5.97 Å². The molecule has 1 aromatic carbocycles. The van der Waals surface area contributed by atoms with Crippen molar-refractivity contribution in [1.29, 1.82) is 0 Å². The van der Waals surface area contributed by atoms with Crippen molar-refractivity contribution in [3.05, 3.63) is 23.8 Å². The first kappa shape index (κ1) is 14.2. The van der Waals surface area contributed by atoms with Crippen LogP contribution in [0.15, 0.2) is 18.2 Å². The van der Waals surface area contributed by atoms with Crippen molar-refractivity contribution < 1.29 is 24.6 Å². The second-order valence-electron chi connectivity index (χ2n) is 4.70. The molecule has 5 nitrogen and oxygen atoms in total. The third kappa shape index (κ3) is 7.64. The predicted molar refractivity (Wildman–Crippen MR) is 58.5 cm³/mol. The van der Waals surface area contributed by atoms with Crippen molar-refractivity contribution in [2.45, 2.75) is 0 Å². The van der Waals surface area contributed by atoms with Crippen LogP contribution in [0.1, 0.15) is 10.4 Å². The minimum absolute atomic E-state index is 0.199. The molecule has 2 N–H and O–H groups in total. The van der Waals surface area contributed by atoms with Crippen molar-refractivity contribution in [2.75, 3.05) is 28.2 Å². The molecule has 90 valence electrons. The molecule has 1 aromatic rings. The number of hydrogen-bond acceptors (Lipinski definition) is 3. The number of carbonyl (C=O) groups is 1. The maximum Gasteiger partial charge on any atom is 0.335 e. The molecule has 0 saturated carbocycles. The maximum atomic E-state index is 10.6. The van der Waals surface area contributed by atoms with E-state index in [0.29, 0.717) is 0 Å². The summed E-state index contributed by atoms with van der Waals surface area (Å²) >= 11 is 0. The molecular weight excluding hydrogens is 210 g/mol. The Hall–Kier alpha value is -1.75. The topological polar surface area (TPSA) is 80.6 Å². The highest BCUT2D eigenvalue weighted by Crippen LogP contribution is 2.17. The van der Waals surface area contributed by atoms with Gasteiger partial charge in [0.25, 0.3) is 0 Å². The number of quaternary nitrogens is 1. The van der Waals surface area contributed by atoms with E-state index >= 15 is 0 Å². The highest BCUT2D eigenvalue weighted by Gasteiger charge is 2.01. The molecule has 0 aliphatic rings. The van der Waals surface area contributed by atoms with Crippen molar-refractivity contribution >= 4 is 5.97 Å². The summed E-state index contributed by atoms with van der Waals surface area (Å²) < 4.78 is 1.00. The molecule has 0 saturated heterocycles. The van der Waals surface area contributed by atoms with Gasteiger partial charge in [-0.3, -0.25) is 0 Å². The summed E-state index contributed by atoms with van der Waals surface area (Å²) in [4.78, 5) is 10.3. The average Bonchev–Trinajstić information content (AvgIpc) is 1.98. The summed E-state index contributed by atoms with van der Waals surface area (Å²) in [5.74, 6) is -2.06. The lowest BCUT2D eigenvalue weighted by atomic mass is 10.2. The van der Waals surface area contributed by atoms with Gasteiger partial charge in [0.1, 0.15) is 5.75 Å². The highest BCUT2D eigenvalue weighted by molar-refractivity contribution is 5.88. The number of phenols is 1. The van der Waals surface area contributed by atoms with Crippen LogP contribution in [-0.2, 0) is 0 Å². The smallest absolute Gasteiger partial charge is 0.335 e. The van der Waals surface area contributed by atoms with E-state index in [1.165, 1.54) is 0 Å². The lowest BCUT2D eigenvalue weighted by Crippen LogP contribution is -2.27. The Balaban J connectivity index is 0.000000385. The van der Waals surface area contributed by atoms with Gasteiger partial charge < -0.3 is 19.8 Å². The minimum atomic E-state index is -1.22. The largest absolute Gasteiger partial charge is 0.872 e. The molecule has 0 aliphatic carbocycles. The van der Waals surface area contributed by atoms with Gasteiger partial charge in [0.05, 0.1) is 33.8 Å². The SMILES string of the molecule is C[N+](C)(C)C.O=C(O)c1cc([O-])cc(O)c1. The third-order valence-corrected chi connectivity index (χ3v) is 1.14. The molecule has 0 aliphatic heterocycles. The van der Waals surface area contributed by atoms with Crippen LogP contribution in [0.2, 0.25) is 0 Å². The Morgan fingerprint density at radius 3 is 1.94 bits per heavy atom. The van der Waals surface area contributed by atoms with Gasteiger partial charge in [-0.2, -0.15) is 0 Å². The number of aromatic carboxylic acids is 1. The molecule has 5 heteroatoms. The van der Waals surface area contributed by atoms with Gasteiger partial charge in [0.15, 0.2) is 0 Å². The first-order valence-electron chi connectivity index (χ1n) is 4.63. The van der Waals surface area contributed by atoms with Crippen molar-refractivity contribution in [3.8, 4) is 11.5 Å². The van der Waals surface area contributed by atoms with Gasteiger partial charge in [-0.15, -0.1) is 5.75 Å². The van der Waals surface area contributed by atoms with Crippen molar-refractivity contribution in [3.63, 3.8) is 0 Å². The Labute approximate surface area is 94.8 Å². The van der Waals surface area contributed by atoms with E-state index < -0.39 is 11.7 Å². The van der Waals surface area contributed by atoms with E-state index in [4.69, 9.17) is 10.2 Å². The molecular formula is C11H17NO4. The second kappa shape index (κ2) is 5.37. The quantitative estimate of drug-likeness (QED) is 0.684. The molecule has 1 rings (SSSR count). The van der Waals surface area contributed by atoms with Gasteiger partial charge in [0, 0.05) is 0 Å². The number of phenolic OH excluding ortho intramolecular Hbond substituents is 1. The maximum absolute atomic E-state index is 10.6. The molecule has 0 unspecified atom stereocenters. The summed E-state index contributed by atoms with van der Waals surface area (Å²) in [6.07, 6.45) is 0. The van der Waals surface area contributed by atoms with Gasteiger partial charge in [0.2, 0.25) is 0 Å². The van der Waals surface area contributed by atoms with Crippen LogP contribution in [0.25, 0.3) is 0 Å². The molecule has 0 bridgehead atoms. The Kier molecular flexibility index (Phi) is 4.78. The summed E-state index contributed by atoms with van der Waals surface area (Å²) in [6.45, 7) is 0. The normalized spacial score (nSPS) is 10.2. The van der Waals surface area contributed by atoms with E-state index in [0.717, 1.165) is 22.7 Å². The van der Waals surface area contributed by atoms with Crippen LogP contribution < -0.4 is 5.11 Å². The highest BCUT2D eigenvalue weighted by atomic mass is 16.4.